The van der Waals surface area contributed by atoms with Gasteiger partial charge in [0.1, 0.15) is 0 Å². The number of nitrogens with zero attached hydrogens (tertiary/aromatic N) is 1. The fourth-order valence-electron chi connectivity index (χ4n) is 1.46. The molecule has 1 nitrogen and oxygen atoms in total. The quantitative estimate of drug-likeness (QED) is 0.652. The third-order valence-electron chi connectivity index (χ3n) is 2.12. The number of halogens is 3. The maximum absolute atomic E-state index is 6.13. The Morgan fingerprint density at radius 1 is 1.12 bits per heavy atom. The van der Waals surface area contributed by atoms with Crippen molar-refractivity contribution in [2.24, 2.45) is 0 Å². The molecule has 0 atom stereocenters. The molecule has 0 bridgehead atoms. The topological polar surface area (TPSA) is 12.9 Å². The van der Waals surface area contributed by atoms with Crippen molar-refractivity contribution >= 4 is 45.8 Å². The third-order valence-corrected chi connectivity index (χ3v) is 3.31. The van der Waals surface area contributed by atoms with Gasteiger partial charge in [-0.1, -0.05) is 23.2 Å². The van der Waals surface area contributed by atoms with Gasteiger partial charge in [-0.05, 0) is 59.8 Å². The second kappa shape index (κ2) is 4.90. The average Bonchev–Trinajstić information content (AvgIpc) is 2.20. The maximum Gasteiger partial charge on any atom is 0.0731 e. The lowest BCUT2D eigenvalue weighted by Gasteiger charge is -2.06. The molecule has 0 aliphatic rings. The Balaban J connectivity index is 2.62. The van der Waals surface area contributed by atoms with Crippen molar-refractivity contribution in [2.45, 2.75) is 6.92 Å². The first-order chi connectivity index (χ1) is 7.56. The molecular weight excluding hydrogens is 356 g/mol. The first-order valence-corrected chi connectivity index (χ1v) is 6.49. The molecule has 2 rings (SSSR count). The maximum atomic E-state index is 6.13. The van der Waals surface area contributed by atoms with Gasteiger partial charge in [0.25, 0.3) is 0 Å². The Hall–Kier alpha value is -0.320. The number of hydrogen-bond donors (Lipinski definition) is 0. The third kappa shape index (κ3) is 2.67. The first kappa shape index (κ1) is 12.1. The van der Waals surface area contributed by atoms with E-state index in [4.69, 9.17) is 23.2 Å². The summed E-state index contributed by atoms with van der Waals surface area (Å²) in [5, 5.41) is 1.33. The van der Waals surface area contributed by atoms with E-state index in [0.29, 0.717) is 10.0 Å². The highest BCUT2D eigenvalue weighted by Crippen LogP contribution is 2.30. The van der Waals surface area contributed by atoms with Gasteiger partial charge in [-0.25, -0.2) is 0 Å². The van der Waals surface area contributed by atoms with Crippen LogP contribution in [-0.4, -0.2) is 4.98 Å². The van der Waals surface area contributed by atoms with Gasteiger partial charge >= 0.3 is 0 Å². The summed E-state index contributed by atoms with van der Waals surface area (Å²) in [6, 6.07) is 9.40. The molecule has 82 valence electrons. The zero-order valence-corrected chi connectivity index (χ0v) is 12.1. The fraction of sp³-hybridized carbons (Fsp3) is 0.0833. The predicted molar refractivity (Wildman–Crippen MR) is 77.1 cm³/mol. The molecule has 0 N–H and O–H groups in total. The van der Waals surface area contributed by atoms with Crippen molar-refractivity contribution in [3.8, 4) is 11.3 Å². The molecule has 4 heteroatoms. The monoisotopic (exact) mass is 363 g/mol. The molecule has 0 spiro atoms. The van der Waals surface area contributed by atoms with Crippen LogP contribution in [-0.2, 0) is 0 Å². The van der Waals surface area contributed by atoms with Crippen LogP contribution >= 0.6 is 45.8 Å². The summed E-state index contributed by atoms with van der Waals surface area (Å²) < 4.78 is 1.14. The van der Waals surface area contributed by atoms with Crippen LogP contribution in [0.5, 0.6) is 0 Å². The first-order valence-electron chi connectivity index (χ1n) is 4.66. The molecule has 1 heterocycles. The number of rotatable bonds is 1. The molecular formula is C12H8Cl2IN. The van der Waals surface area contributed by atoms with Crippen molar-refractivity contribution in [2.75, 3.05) is 0 Å². The smallest absolute Gasteiger partial charge is 0.0731 e. The molecule has 0 unspecified atom stereocenters. The Kier molecular flexibility index (Phi) is 3.72. The van der Waals surface area contributed by atoms with Crippen LogP contribution in [0.3, 0.4) is 0 Å². The normalized spacial score (nSPS) is 10.5. The zero-order chi connectivity index (χ0) is 11.7. The van der Waals surface area contributed by atoms with Crippen LogP contribution < -0.4 is 0 Å². The summed E-state index contributed by atoms with van der Waals surface area (Å²) in [5.74, 6) is 0. The molecule has 0 amide bonds. The molecule has 1 aromatic carbocycles. The summed E-state index contributed by atoms with van der Waals surface area (Å²) in [7, 11) is 0. The molecule has 0 aliphatic carbocycles. The Labute approximate surface area is 118 Å². The lowest BCUT2D eigenvalue weighted by atomic mass is 10.1. The summed E-state index contributed by atoms with van der Waals surface area (Å²) in [6.07, 6.45) is 0. The number of benzene rings is 1. The molecule has 0 radical (unpaired) electrons. The van der Waals surface area contributed by atoms with E-state index in [1.807, 2.05) is 25.1 Å². The van der Waals surface area contributed by atoms with Crippen LogP contribution in [0.4, 0.5) is 0 Å². The van der Waals surface area contributed by atoms with Crippen molar-refractivity contribution in [3.05, 3.63) is 49.6 Å². The highest BCUT2D eigenvalue weighted by molar-refractivity contribution is 14.1. The van der Waals surface area contributed by atoms with Crippen LogP contribution in [0, 0.1) is 10.5 Å². The van der Waals surface area contributed by atoms with E-state index in [1.165, 1.54) is 0 Å². The van der Waals surface area contributed by atoms with Gasteiger partial charge in [0, 0.05) is 19.9 Å². The minimum atomic E-state index is 0.665. The van der Waals surface area contributed by atoms with Crippen LogP contribution in [0.2, 0.25) is 10.0 Å². The van der Waals surface area contributed by atoms with Gasteiger partial charge in [-0.15, -0.1) is 0 Å². The molecule has 0 fully saturated rings. The van der Waals surface area contributed by atoms with Crippen molar-refractivity contribution in [3.63, 3.8) is 0 Å². The van der Waals surface area contributed by atoms with E-state index in [2.05, 4.69) is 27.6 Å². The van der Waals surface area contributed by atoms with Crippen molar-refractivity contribution in [1.29, 1.82) is 0 Å². The van der Waals surface area contributed by atoms with Gasteiger partial charge < -0.3 is 0 Å². The van der Waals surface area contributed by atoms with Crippen molar-refractivity contribution in [1.82, 2.24) is 4.98 Å². The molecule has 0 aliphatic heterocycles. The standard InChI is InChI=1S/C12H8Cl2IN/c1-7-4-9(15)6-12(16-7)10-5-8(13)2-3-11(10)14/h2-6H,1H3. The van der Waals surface area contributed by atoms with Gasteiger partial charge in [0.2, 0.25) is 0 Å². The second-order valence-electron chi connectivity index (χ2n) is 3.44. The number of pyridine rings is 1. The average molecular weight is 364 g/mol. The summed E-state index contributed by atoms with van der Waals surface area (Å²) >= 11 is 14.4. The highest BCUT2D eigenvalue weighted by atomic mass is 127. The lowest BCUT2D eigenvalue weighted by molar-refractivity contribution is 1.20. The summed E-state index contributed by atoms with van der Waals surface area (Å²) in [4.78, 5) is 4.46. The van der Waals surface area contributed by atoms with E-state index < -0.39 is 0 Å². The summed E-state index contributed by atoms with van der Waals surface area (Å²) in [6.45, 7) is 1.96. The highest BCUT2D eigenvalue weighted by Gasteiger charge is 2.07. The van der Waals surface area contributed by atoms with E-state index >= 15 is 0 Å². The SMILES string of the molecule is Cc1cc(I)cc(-c2cc(Cl)ccc2Cl)n1. The second-order valence-corrected chi connectivity index (χ2v) is 5.53. The van der Waals surface area contributed by atoms with Crippen LogP contribution in [0.1, 0.15) is 5.69 Å². The number of aryl methyl sites for hydroxylation is 1. The van der Waals surface area contributed by atoms with Gasteiger partial charge in [0.05, 0.1) is 10.7 Å². The van der Waals surface area contributed by atoms with E-state index in [0.717, 1.165) is 20.5 Å². The molecule has 0 saturated heterocycles. The van der Waals surface area contributed by atoms with E-state index in [9.17, 15) is 0 Å². The van der Waals surface area contributed by atoms with Crippen LogP contribution in [0.25, 0.3) is 11.3 Å². The van der Waals surface area contributed by atoms with Crippen LogP contribution in [0.15, 0.2) is 30.3 Å². The number of hydrogen-bond acceptors (Lipinski definition) is 1. The van der Waals surface area contributed by atoms with E-state index in [1.54, 1.807) is 12.1 Å². The lowest BCUT2D eigenvalue weighted by Crippen LogP contribution is -1.89. The number of aromatic nitrogens is 1. The van der Waals surface area contributed by atoms with Gasteiger partial charge in [0.15, 0.2) is 0 Å². The molecule has 16 heavy (non-hydrogen) atoms. The largest absolute Gasteiger partial charge is 0.253 e. The minimum absolute atomic E-state index is 0.665. The Morgan fingerprint density at radius 3 is 2.56 bits per heavy atom. The van der Waals surface area contributed by atoms with Crippen molar-refractivity contribution < 1.29 is 0 Å². The summed E-state index contributed by atoms with van der Waals surface area (Å²) in [5.41, 5.74) is 2.70. The molecule has 1 aromatic heterocycles. The molecule has 0 saturated carbocycles. The van der Waals surface area contributed by atoms with E-state index in [-0.39, 0.29) is 0 Å². The van der Waals surface area contributed by atoms with Gasteiger partial charge in [-0.3, -0.25) is 4.98 Å². The fourth-order valence-corrected chi connectivity index (χ4v) is 2.59. The minimum Gasteiger partial charge on any atom is -0.253 e. The Morgan fingerprint density at radius 2 is 1.88 bits per heavy atom. The zero-order valence-electron chi connectivity index (χ0n) is 8.47. The molecule has 2 aromatic rings. The predicted octanol–water partition coefficient (Wildman–Crippen LogP) is 4.97. The Bertz CT molecular complexity index is 520. The van der Waals surface area contributed by atoms with Gasteiger partial charge in [-0.2, -0.15) is 0 Å².